The second-order valence-electron chi connectivity index (χ2n) is 5.89. The van der Waals surface area contributed by atoms with E-state index in [1.165, 1.54) is 52.3 Å². The van der Waals surface area contributed by atoms with Crippen molar-refractivity contribution in [1.82, 2.24) is 10.2 Å². The Morgan fingerprint density at radius 3 is 2.89 bits per heavy atom. The fourth-order valence-corrected chi connectivity index (χ4v) is 5.70. The van der Waals surface area contributed by atoms with Gasteiger partial charge >= 0.3 is 5.97 Å². The van der Waals surface area contributed by atoms with E-state index in [1.54, 1.807) is 12.1 Å². The number of thioether (sulfide) groups is 3. The third-order valence-corrected chi connectivity index (χ3v) is 7.02. The van der Waals surface area contributed by atoms with Crippen molar-refractivity contribution in [3.63, 3.8) is 0 Å². The van der Waals surface area contributed by atoms with Crippen molar-refractivity contribution >= 4 is 53.1 Å². The molecule has 2 atom stereocenters. The maximum absolute atomic E-state index is 13.2. The van der Waals surface area contributed by atoms with Gasteiger partial charge in [0.15, 0.2) is 0 Å². The maximum Gasteiger partial charge on any atom is 0.352 e. The van der Waals surface area contributed by atoms with Crippen LogP contribution in [0.2, 0.25) is 0 Å². The number of carboxylic acid groups (broad SMARTS) is 1. The minimum atomic E-state index is -1.12. The number of amides is 2. The van der Waals surface area contributed by atoms with Crippen molar-refractivity contribution in [2.75, 3.05) is 23.5 Å². The molecule has 0 spiro atoms. The summed E-state index contributed by atoms with van der Waals surface area (Å²) in [5.41, 5.74) is 0.758. The molecule has 3 rings (SSSR count). The van der Waals surface area contributed by atoms with Crippen LogP contribution in [0.15, 0.2) is 40.4 Å². The standard InChI is InChI=1S/C17H17FN2O4S3/c1-25-6-9-7-27-16-13(15(22)20(16)14(9)17(23)24)19-12(21)8-26-11-4-2-3-10(18)5-11/h2-5,13,16H,6-8H2,1H3,(H,19,21)(H,23,24)/t13?,16-/m0/s1. The molecule has 2 heterocycles. The molecule has 0 aromatic heterocycles. The molecule has 10 heteroatoms. The molecule has 27 heavy (non-hydrogen) atoms. The van der Waals surface area contributed by atoms with E-state index in [0.717, 1.165) is 5.57 Å². The molecule has 2 aliphatic rings. The molecule has 1 aromatic rings. The van der Waals surface area contributed by atoms with Gasteiger partial charge in [0.2, 0.25) is 5.91 Å². The highest BCUT2D eigenvalue weighted by molar-refractivity contribution is 8.01. The van der Waals surface area contributed by atoms with Crippen LogP contribution in [0.1, 0.15) is 0 Å². The molecular formula is C17H17FN2O4S3. The van der Waals surface area contributed by atoms with Gasteiger partial charge in [-0.25, -0.2) is 9.18 Å². The number of nitrogens with zero attached hydrogens (tertiary/aromatic N) is 1. The zero-order valence-electron chi connectivity index (χ0n) is 14.3. The molecule has 0 bridgehead atoms. The highest BCUT2D eigenvalue weighted by Gasteiger charge is 2.54. The van der Waals surface area contributed by atoms with Crippen LogP contribution in [-0.4, -0.2) is 62.7 Å². The first-order valence-electron chi connectivity index (χ1n) is 7.99. The molecule has 0 aliphatic carbocycles. The number of hydrogen-bond donors (Lipinski definition) is 2. The van der Waals surface area contributed by atoms with Crippen molar-refractivity contribution in [2.24, 2.45) is 0 Å². The summed E-state index contributed by atoms with van der Waals surface area (Å²) in [6.07, 6.45) is 1.88. The van der Waals surface area contributed by atoms with Crippen LogP contribution in [0.3, 0.4) is 0 Å². The number of nitrogens with one attached hydrogen (secondary N) is 1. The van der Waals surface area contributed by atoms with E-state index in [1.807, 2.05) is 6.26 Å². The van der Waals surface area contributed by atoms with Crippen LogP contribution in [0.4, 0.5) is 4.39 Å². The van der Waals surface area contributed by atoms with E-state index in [9.17, 15) is 23.9 Å². The monoisotopic (exact) mass is 428 g/mol. The Kier molecular flexibility index (Phi) is 6.38. The van der Waals surface area contributed by atoms with Crippen molar-refractivity contribution in [1.29, 1.82) is 0 Å². The highest BCUT2D eigenvalue weighted by Crippen LogP contribution is 2.40. The number of halogens is 1. The van der Waals surface area contributed by atoms with E-state index >= 15 is 0 Å². The van der Waals surface area contributed by atoms with Gasteiger partial charge < -0.3 is 10.4 Å². The third-order valence-electron chi connectivity index (χ3n) is 4.05. The number of rotatable bonds is 7. The molecule has 1 unspecified atom stereocenters. The van der Waals surface area contributed by atoms with Crippen LogP contribution in [-0.2, 0) is 14.4 Å². The molecule has 0 radical (unpaired) electrons. The molecule has 6 nitrogen and oxygen atoms in total. The quantitative estimate of drug-likeness (QED) is 0.508. The Hall–Kier alpha value is -1.65. The third kappa shape index (κ3) is 4.27. The van der Waals surface area contributed by atoms with Gasteiger partial charge in [0.05, 0.1) is 5.75 Å². The van der Waals surface area contributed by atoms with Crippen molar-refractivity contribution in [3.8, 4) is 0 Å². The topological polar surface area (TPSA) is 86.7 Å². The van der Waals surface area contributed by atoms with Gasteiger partial charge in [-0.15, -0.1) is 23.5 Å². The molecule has 2 amide bonds. The summed E-state index contributed by atoms with van der Waals surface area (Å²) >= 11 is 4.13. The van der Waals surface area contributed by atoms with E-state index in [4.69, 9.17) is 0 Å². The predicted molar refractivity (Wildman–Crippen MR) is 105 cm³/mol. The number of carbonyl (C=O) groups excluding carboxylic acids is 2. The first-order chi connectivity index (χ1) is 12.9. The molecule has 1 saturated heterocycles. The van der Waals surface area contributed by atoms with Crippen LogP contribution in [0.5, 0.6) is 0 Å². The van der Waals surface area contributed by atoms with Gasteiger partial charge in [-0.3, -0.25) is 14.5 Å². The number of hydrogen-bond acceptors (Lipinski definition) is 6. The first kappa shape index (κ1) is 20.1. The fraction of sp³-hybridized carbons (Fsp3) is 0.353. The number of β-lactam (4-membered cyclic amide) rings is 1. The van der Waals surface area contributed by atoms with Crippen molar-refractivity contribution in [2.45, 2.75) is 16.3 Å². The van der Waals surface area contributed by atoms with Crippen LogP contribution in [0.25, 0.3) is 0 Å². The predicted octanol–water partition coefficient (Wildman–Crippen LogP) is 2.02. The molecule has 144 valence electrons. The van der Waals surface area contributed by atoms with E-state index in [-0.39, 0.29) is 23.2 Å². The lowest BCUT2D eigenvalue weighted by Gasteiger charge is -2.49. The van der Waals surface area contributed by atoms with E-state index in [2.05, 4.69) is 5.32 Å². The van der Waals surface area contributed by atoms with Gasteiger partial charge in [0.1, 0.15) is 22.9 Å². The van der Waals surface area contributed by atoms with Gasteiger partial charge in [-0.1, -0.05) is 6.07 Å². The summed E-state index contributed by atoms with van der Waals surface area (Å²) in [6.45, 7) is 0. The van der Waals surface area contributed by atoms with Crippen LogP contribution < -0.4 is 5.32 Å². The Balaban J connectivity index is 1.61. The largest absolute Gasteiger partial charge is 0.477 e. The summed E-state index contributed by atoms with van der Waals surface area (Å²) in [7, 11) is 0. The Bertz CT molecular complexity index is 817. The number of carbonyl (C=O) groups is 3. The Morgan fingerprint density at radius 1 is 1.44 bits per heavy atom. The highest BCUT2D eigenvalue weighted by atomic mass is 32.2. The average Bonchev–Trinajstić information content (AvgIpc) is 2.64. The Morgan fingerprint density at radius 2 is 2.22 bits per heavy atom. The molecule has 2 aliphatic heterocycles. The number of carboxylic acids is 1. The van der Waals surface area contributed by atoms with E-state index in [0.29, 0.717) is 16.4 Å². The minimum Gasteiger partial charge on any atom is -0.477 e. The lowest BCUT2D eigenvalue weighted by atomic mass is 10.0. The zero-order chi connectivity index (χ0) is 19.6. The molecule has 1 aromatic carbocycles. The van der Waals surface area contributed by atoms with Crippen molar-refractivity contribution < 1.29 is 23.9 Å². The number of aliphatic carboxylic acids is 1. The normalized spacial score (nSPS) is 21.6. The first-order valence-corrected chi connectivity index (χ1v) is 11.4. The van der Waals surface area contributed by atoms with Gasteiger partial charge in [0, 0.05) is 16.4 Å². The second-order valence-corrected chi connectivity index (χ2v) is 8.91. The molecule has 1 fully saturated rings. The average molecular weight is 429 g/mol. The second kappa shape index (κ2) is 8.57. The van der Waals surface area contributed by atoms with Crippen LogP contribution in [0, 0.1) is 5.82 Å². The smallest absolute Gasteiger partial charge is 0.352 e. The zero-order valence-corrected chi connectivity index (χ0v) is 16.8. The molecular weight excluding hydrogens is 411 g/mol. The molecule has 0 saturated carbocycles. The van der Waals surface area contributed by atoms with Gasteiger partial charge in [-0.2, -0.15) is 11.8 Å². The van der Waals surface area contributed by atoms with Gasteiger partial charge in [-0.05, 0) is 30.0 Å². The summed E-state index contributed by atoms with van der Waals surface area (Å²) in [5, 5.41) is 11.7. The van der Waals surface area contributed by atoms with E-state index < -0.39 is 23.3 Å². The lowest BCUT2D eigenvalue weighted by molar-refractivity contribution is -0.150. The number of fused-ring (bicyclic) bond motifs is 1. The fourth-order valence-electron chi connectivity index (χ4n) is 2.89. The SMILES string of the molecule is CSCC1=C(C(=O)O)N2C(=O)C(NC(=O)CSc3cccc(F)c3)[C@@H]2SC1. The van der Waals surface area contributed by atoms with Gasteiger partial charge in [0.25, 0.3) is 5.91 Å². The van der Waals surface area contributed by atoms with Crippen LogP contribution >= 0.6 is 35.3 Å². The lowest BCUT2D eigenvalue weighted by Crippen LogP contribution is -2.70. The maximum atomic E-state index is 13.2. The summed E-state index contributed by atoms with van der Waals surface area (Å²) in [5.74, 6) is -1.15. The summed E-state index contributed by atoms with van der Waals surface area (Å²) in [6, 6.07) is 5.19. The molecule has 2 N–H and O–H groups in total. The summed E-state index contributed by atoms with van der Waals surface area (Å²) < 4.78 is 13.2. The minimum absolute atomic E-state index is 0.0396. The number of benzene rings is 1. The summed E-state index contributed by atoms with van der Waals surface area (Å²) in [4.78, 5) is 38.1. The van der Waals surface area contributed by atoms with Crippen molar-refractivity contribution in [3.05, 3.63) is 41.4 Å². The Labute approximate surface area is 168 Å².